The fraction of sp³-hybridized carbons (Fsp3) is 0.211. The maximum atomic E-state index is 12.7. The number of anilines is 2. The molecule has 10 heteroatoms. The fourth-order valence-electron chi connectivity index (χ4n) is 2.89. The molecule has 1 aromatic carbocycles. The number of carbonyl (C=O) groups excluding carboxylic acids is 1. The predicted octanol–water partition coefficient (Wildman–Crippen LogP) is 2.91. The zero-order valence-corrected chi connectivity index (χ0v) is 16.1. The lowest BCUT2D eigenvalue weighted by Gasteiger charge is -2.05. The number of nitrogens with zero attached hydrogens (tertiary/aromatic N) is 5. The van der Waals surface area contributed by atoms with Gasteiger partial charge < -0.3 is 20.3 Å². The van der Waals surface area contributed by atoms with E-state index in [-0.39, 0.29) is 23.4 Å². The first kappa shape index (κ1) is 18.4. The molecule has 0 bridgehead atoms. The smallest absolute Gasteiger partial charge is 0.279 e. The van der Waals surface area contributed by atoms with Crippen molar-refractivity contribution in [1.29, 1.82) is 0 Å². The van der Waals surface area contributed by atoms with E-state index in [9.17, 15) is 4.79 Å². The van der Waals surface area contributed by atoms with Crippen LogP contribution in [0, 0.1) is 0 Å². The molecule has 4 rings (SSSR count). The van der Waals surface area contributed by atoms with E-state index in [0.29, 0.717) is 16.8 Å². The van der Waals surface area contributed by atoms with Gasteiger partial charge in [0, 0.05) is 17.7 Å². The summed E-state index contributed by atoms with van der Waals surface area (Å²) in [4.78, 5) is 20.9. The van der Waals surface area contributed by atoms with Crippen molar-refractivity contribution in [3.8, 4) is 17.1 Å². The van der Waals surface area contributed by atoms with Crippen molar-refractivity contribution in [1.82, 2.24) is 24.9 Å². The molecule has 1 amide bonds. The number of methoxy groups -OCH3 is 1. The minimum absolute atomic E-state index is 0.0196. The van der Waals surface area contributed by atoms with Gasteiger partial charge >= 0.3 is 0 Å². The first-order chi connectivity index (χ1) is 14.0. The fourth-order valence-corrected chi connectivity index (χ4v) is 2.89. The minimum Gasteiger partial charge on any atom is -0.497 e. The Morgan fingerprint density at radius 1 is 1.24 bits per heavy atom. The van der Waals surface area contributed by atoms with E-state index in [4.69, 9.17) is 15.0 Å². The summed E-state index contributed by atoms with van der Waals surface area (Å²) >= 11 is 0. The van der Waals surface area contributed by atoms with Crippen LogP contribution in [-0.4, -0.2) is 37.9 Å². The van der Waals surface area contributed by atoms with Crippen LogP contribution in [0.5, 0.6) is 5.75 Å². The van der Waals surface area contributed by atoms with Crippen molar-refractivity contribution in [2.45, 2.75) is 19.9 Å². The highest BCUT2D eigenvalue weighted by atomic mass is 16.5. The number of amides is 1. The molecular formula is C19H19N7O3. The molecule has 3 aromatic heterocycles. The van der Waals surface area contributed by atoms with Crippen molar-refractivity contribution in [3.63, 3.8) is 0 Å². The number of fused-ring (bicyclic) bond motifs is 1. The topological polar surface area (TPSA) is 134 Å². The highest BCUT2D eigenvalue weighted by molar-refractivity contribution is 6.08. The molecule has 3 N–H and O–H groups in total. The number of rotatable bonds is 5. The van der Waals surface area contributed by atoms with Gasteiger partial charge in [-0.1, -0.05) is 5.16 Å². The van der Waals surface area contributed by atoms with Gasteiger partial charge in [0.05, 0.1) is 7.11 Å². The quantitative estimate of drug-likeness (QED) is 0.528. The van der Waals surface area contributed by atoms with Gasteiger partial charge in [0.1, 0.15) is 23.3 Å². The van der Waals surface area contributed by atoms with Crippen LogP contribution in [0.25, 0.3) is 22.4 Å². The van der Waals surface area contributed by atoms with Crippen molar-refractivity contribution in [2.24, 2.45) is 0 Å². The van der Waals surface area contributed by atoms with Gasteiger partial charge in [0.25, 0.3) is 5.91 Å². The van der Waals surface area contributed by atoms with Crippen molar-refractivity contribution in [2.75, 3.05) is 18.2 Å². The molecular weight excluding hydrogens is 374 g/mol. The second-order valence-electron chi connectivity index (χ2n) is 6.60. The Kier molecular flexibility index (Phi) is 4.59. The monoisotopic (exact) mass is 393 g/mol. The van der Waals surface area contributed by atoms with Crippen LogP contribution in [0.2, 0.25) is 0 Å². The van der Waals surface area contributed by atoms with Crippen LogP contribution >= 0.6 is 0 Å². The Balaban J connectivity index is 1.63. The maximum absolute atomic E-state index is 12.7. The molecule has 0 saturated carbocycles. The summed E-state index contributed by atoms with van der Waals surface area (Å²) in [5, 5.41) is 11.5. The minimum atomic E-state index is -0.480. The lowest BCUT2D eigenvalue weighted by Crippen LogP contribution is -2.13. The highest BCUT2D eigenvalue weighted by Gasteiger charge is 2.21. The van der Waals surface area contributed by atoms with Crippen LogP contribution in [0.15, 0.2) is 41.2 Å². The van der Waals surface area contributed by atoms with Gasteiger partial charge in [-0.2, -0.15) is 5.10 Å². The summed E-state index contributed by atoms with van der Waals surface area (Å²) < 4.78 is 12.1. The summed E-state index contributed by atoms with van der Waals surface area (Å²) in [5.74, 6) is 1.20. The normalized spacial score (nSPS) is 11.2. The summed E-state index contributed by atoms with van der Waals surface area (Å²) in [6.07, 6.45) is 1.36. The molecule has 0 unspecified atom stereocenters. The number of carbonyl (C=O) groups is 1. The molecule has 148 valence electrons. The van der Waals surface area contributed by atoms with Crippen LogP contribution in [0.4, 0.5) is 11.6 Å². The number of nitrogens with one attached hydrogen (secondary N) is 1. The Morgan fingerprint density at radius 3 is 2.69 bits per heavy atom. The third kappa shape index (κ3) is 3.35. The van der Waals surface area contributed by atoms with Crippen LogP contribution < -0.4 is 15.8 Å². The van der Waals surface area contributed by atoms with Gasteiger partial charge in [-0.25, -0.2) is 14.6 Å². The SMILES string of the molecule is COc1ccc(-c2cc(C(=O)Nc3nn(C(C)C)c4ncnc(N)c34)no2)cc1. The first-order valence-corrected chi connectivity index (χ1v) is 8.89. The van der Waals surface area contributed by atoms with Crippen LogP contribution in [-0.2, 0) is 0 Å². The lowest BCUT2D eigenvalue weighted by molar-refractivity contribution is 0.101. The molecule has 0 spiro atoms. The molecule has 0 aliphatic rings. The van der Waals surface area contributed by atoms with E-state index in [2.05, 4.69) is 25.5 Å². The van der Waals surface area contributed by atoms with Gasteiger partial charge in [-0.3, -0.25) is 4.79 Å². The molecule has 0 atom stereocenters. The third-order valence-corrected chi connectivity index (χ3v) is 4.36. The number of nitrogens with two attached hydrogens (primary N) is 1. The molecule has 10 nitrogen and oxygen atoms in total. The second kappa shape index (κ2) is 7.23. The number of aromatic nitrogens is 5. The predicted molar refractivity (Wildman–Crippen MR) is 107 cm³/mol. The number of hydrogen-bond acceptors (Lipinski definition) is 8. The van der Waals surface area contributed by atoms with E-state index >= 15 is 0 Å². The van der Waals surface area contributed by atoms with E-state index in [1.54, 1.807) is 30.0 Å². The Labute approximate surface area is 165 Å². The number of ether oxygens (including phenoxy) is 1. The standard InChI is InChI=1S/C19H19N7O3/c1-10(2)26-18-15(16(20)21-9-22-18)17(24-26)23-19(27)13-8-14(29-25-13)11-4-6-12(28-3)7-5-11/h4-10H,1-3H3,(H2,20,21,22)(H,23,24,27). The maximum Gasteiger partial charge on any atom is 0.279 e. The zero-order valence-electron chi connectivity index (χ0n) is 16.1. The van der Waals surface area contributed by atoms with Crippen molar-refractivity contribution < 1.29 is 14.1 Å². The van der Waals surface area contributed by atoms with E-state index in [1.165, 1.54) is 6.33 Å². The molecule has 0 aliphatic heterocycles. The number of benzene rings is 1. The molecule has 0 radical (unpaired) electrons. The first-order valence-electron chi connectivity index (χ1n) is 8.89. The van der Waals surface area contributed by atoms with Gasteiger partial charge in [0.2, 0.25) is 0 Å². The Bertz CT molecular complexity index is 1180. The van der Waals surface area contributed by atoms with Crippen LogP contribution in [0.1, 0.15) is 30.4 Å². The molecule has 29 heavy (non-hydrogen) atoms. The van der Waals surface area contributed by atoms with E-state index in [0.717, 1.165) is 11.3 Å². The van der Waals surface area contributed by atoms with E-state index < -0.39 is 5.91 Å². The molecule has 0 saturated heterocycles. The average Bonchev–Trinajstić information content (AvgIpc) is 3.34. The molecule has 3 heterocycles. The Morgan fingerprint density at radius 2 is 2.00 bits per heavy atom. The largest absolute Gasteiger partial charge is 0.497 e. The lowest BCUT2D eigenvalue weighted by atomic mass is 10.1. The van der Waals surface area contributed by atoms with Gasteiger partial charge in [0.15, 0.2) is 22.9 Å². The second-order valence-corrected chi connectivity index (χ2v) is 6.60. The van der Waals surface area contributed by atoms with E-state index in [1.807, 2.05) is 26.0 Å². The van der Waals surface area contributed by atoms with Gasteiger partial charge in [-0.15, -0.1) is 0 Å². The number of hydrogen-bond donors (Lipinski definition) is 2. The number of nitrogen functional groups attached to an aromatic ring is 1. The third-order valence-electron chi connectivity index (χ3n) is 4.36. The molecule has 4 aromatic rings. The van der Waals surface area contributed by atoms with Gasteiger partial charge in [-0.05, 0) is 38.1 Å². The van der Waals surface area contributed by atoms with Crippen LogP contribution in [0.3, 0.4) is 0 Å². The zero-order chi connectivity index (χ0) is 20.5. The summed E-state index contributed by atoms with van der Waals surface area (Å²) in [7, 11) is 1.59. The highest BCUT2D eigenvalue weighted by Crippen LogP contribution is 2.28. The summed E-state index contributed by atoms with van der Waals surface area (Å²) in [6.45, 7) is 3.91. The van der Waals surface area contributed by atoms with Crippen molar-refractivity contribution >= 4 is 28.6 Å². The average molecular weight is 393 g/mol. The Hall–Kier alpha value is -3.95. The molecule has 0 fully saturated rings. The van der Waals surface area contributed by atoms with Crippen molar-refractivity contribution in [3.05, 3.63) is 42.4 Å². The summed E-state index contributed by atoms with van der Waals surface area (Å²) in [6, 6.07) is 8.80. The molecule has 0 aliphatic carbocycles. The summed E-state index contributed by atoms with van der Waals surface area (Å²) in [5.41, 5.74) is 7.41.